The number of nitrogens with one attached hydrogen (secondary N) is 2. The molecule has 1 aliphatic rings. The Morgan fingerprint density at radius 1 is 1.23 bits per heavy atom. The molecule has 2 aromatic heterocycles. The van der Waals surface area contributed by atoms with Gasteiger partial charge in [-0.2, -0.15) is 10.1 Å². The van der Waals surface area contributed by atoms with Crippen LogP contribution in [0.15, 0.2) is 24.4 Å². The number of ether oxygens (including phenoxy) is 1. The van der Waals surface area contributed by atoms with Gasteiger partial charge in [0, 0.05) is 36.6 Å². The van der Waals surface area contributed by atoms with Crippen LogP contribution in [0.5, 0.6) is 5.75 Å². The number of hydrogen-bond donors (Lipinski definition) is 2. The molecule has 4 rings (SSSR count). The maximum atomic E-state index is 15.7. The van der Waals surface area contributed by atoms with Crippen molar-refractivity contribution >= 4 is 17.5 Å². The van der Waals surface area contributed by atoms with Crippen LogP contribution in [0.25, 0.3) is 5.69 Å². The molecule has 0 amide bonds. The second-order valence-corrected chi connectivity index (χ2v) is 7.44. The van der Waals surface area contributed by atoms with Crippen LogP contribution in [0.1, 0.15) is 23.4 Å². The van der Waals surface area contributed by atoms with Gasteiger partial charge in [-0.05, 0) is 45.5 Å². The average molecular weight is 411 g/mol. The second-order valence-electron chi connectivity index (χ2n) is 7.44. The van der Waals surface area contributed by atoms with Gasteiger partial charge in [0.05, 0.1) is 19.0 Å². The van der Waals surface area contributed by atoms with Crippen LogP contribution < -0.4 is 15.4 Å². The zero-order valence-electron chi connectivity index (χ0n) is 17.7. The van der Waals surface area contributed by atoms with E-state index in [0.29, 0.717) is 17.5 Å². The molecule has 0 saturated heterocycles. The molecule has 8 nitrogen and oxygen atoms in total. The lowest BCUT2D eigenvalue weighted by atomic mass is 10.1. The lowest BCUT2D eigenvalue weighted by molar-refractivity contribution is 0.332. The Bertz CT molecular complexity index is 1070. The zero-order valence-corrected chi connectivity index (χ0v) is 17.7. The lowest BCUT2D eigenvalue weighted by Gasteiger charge is -2.16. The molecule has 0 unspecified atom stereocenters. The summed E-state index contributed by atoms with van der Waals surface area (Å²) in [6.45, 7) is 3.65. The molecule has 0 atom stereocenters. The highest BCUT2D eigenvalue weighted by molar-refractivity contribution is 5.64. The molecule has 0 fully saturated rings. The Morgan fingerprint density at radius 2 is 2.07 bits per heavy atom. The zero-order chi connectivity index (χ0) is 21.3. The van der Waals surface area contributed by atoms with Gasteiger partial charge in [-0.15, -0.1) is 0 Å². The summed E-state index contributed by atoms with van der Waals surface area (Å²) in [6.07, 6.45) is 3.63. The predicted octanol–water partition coefficient (Wildman–Crippen LogP) is 3.28. The SMILES string of the molecule is CNc1cc(C)nc(Nc2ccc(OC)c(-n3ncc4c3CCCN(C)C4)c2F)n1. The van der Waals surface area contributed by atoms with Crippen LogP contribution in [0, 0.1) is 12.7 Å². The summed E-state index contributed by atoms with van der Waals surface area (Å²) in [6, 6.07) is 5.17. The highest BCUT2D eigenvalue weighted by atomic mass is 19.1. The van der Waals surface area contributed by atoms with Crippen molar-refractivity contribution in [2.75, 3.05) is 38.4 Å². The fourth-order valence-electron chi connectivity index (χ4n) is 3.76. The number of aromatic nitrogens is 4. The number of nitrogens with zero attached hydrogens (tertiary/aromatic N) is 5. The van der Waals surface area contributed by atoms with E-state index in [0.717, 1.165) is 42.9 Å². The molecule has 0 bridgehead atoms. The van der Waals surface area contributed by atoms with E-state index >= 15 is 4.39 Å². The van der Waals surface area contributed by atoms with Crippen LogP contribution in [-0.4, -0.2) is 52.4 Å². The van der Waals surface area contributed by atoms with Crippen molar-refractivity contribution in [1.82, 2.24) is 24.6 Å². The largest absolute Gasteiger partial charge is 0.494 e. The van der Waals surface area contributed by atoms with E-state index in [2.05, 4.69) is 37.6 Å². The standard InChI is InChI=1S/C21H26FN7O/c1-13-10-18(23-2)27-21(25-13)26-15-7-8-17(30-4)20(19(15)22)29-16-6-5-9-28(3)12-14(16)11-24-29/h7-8,10-11H,5-6,9,12H2,1-4H3,(H2,23,25,26,27). The molecular formula is C21H26FN7O. The van der Waals surface area contributed by atoms with Gasteiger partial charge in [-0.25, -0.2) is 14.1 Å². The summed E-state index contributed by atoms with van der Waals surface area (Å²) in [5.41, 5.74) is 3.43. The number of benzene rings is 1. The van der Waals surface area contributed by atoms with Gasteiger partial charge in [-0.3, -0.25) is 0 Å². The van der Waals surface area contributed by atoms with Crippen molar-refractivity contribution in [3.05, 3.63) is 47.2 Å². The molecule has 0 spiro atoms. The van der Waals surface area contributed by atoms with Crippen LogP contribution in [-0.2, 0) is 13.0 Å². The van der Waals surface area contributed by atoms with Gasteiger partial charge in [0.15, 0.2) is 5.82 Å². The number of rotatable bonds is 5. The molecule has 2 N–H and O–H groups in total. The minimum Gasteiger partial charge on any atom is -0.494 e. The Labute approximate surface area is 175 Å². The van der Waals surface area contributed by atoms with Crippen LogP contribution in [0.4, 0.5) is 21.8 Å². The third-order valence-corrected chi connectivity index (χ3v) is 5.22. The van der Waals surface area contributed by atoms with Crippen LogP contribution in [0.3, 0.4) is 0 Å². The van der Waals surface area contributed by atoms with Crippen molar-refractivity contribution in [2.45, 2.75) is 26.3 Å². The van der Waals surface area contributed by atoms with Crippen molar-refractivity contribution in [1.29, 1.82) is 0 Å². The molecule has 0 radical (unpaired) electrons. The number of anilines is 3. The number of methoxy groups -OCH3 is 1. The number of halogens is 1. The summed E-state index contributed by atoms with van der Waals surface area (Å²) in [7, 11) is 5.39. The summed E-state index contributed by atoms with van der Waals surface area (Å²) in [5.74, 6) is 0.924. The molecule has 3 heterocycles. The van der Waals surface area contributed by atoms with Crippen molar-refractivity contribution in [3.8, 4) is 11.4 Å². The molecule has 30 heavy (non-hydrogen) atoms. The Morgan fingerprint density at radius 3 is 2.83 bits per heavy atom. The van der Waals surface area contributed by atoms with E-state index in [9.17, 15) is 0 Å². The van der Waals surface area contributed by atoms with Gasteiger partial charge in [0.25, 0.3) is 0 Å². The smallest absolute Gasteiger partial charge is 0.229 e. The quantitative estimate of drug-likeness (QED) is 0.667. The highest BCUT2D eigenvalue weighted by Crippen LogP contribution is 2.34. The number of aryl methyl sites for hydroxylation is 1. The van der Waals surface area contributed by atoms with E-state index in [1.165, 1.54) is 7.11 Å². The number of hydrogen-bond acceptors (Lipinski definition) is 7. The number of fused-ring (bicyclic) bond motifs is 1. The second kappa shape index (κ2) is 8.27. The third-order valence-electron chi connectivity index (χ3n) is 5.22. The van der Waals surface area contributed by atoms with E-state index in [1.807, 2.05) is 19.2 Å². The first-order chi connectivity index (χ1) is 14.5. The minimum atomic E-state index is -0.464. The van der Waals surface area contributed by atoms with Crippen LogP contribution in [0.2, 0.25) is 0 Å². The van der Waals surface area contributed by atoms with Crippen LogP contribution >= 0.6 is 0 Å². The first-order valence-corrected chi connectivity index (χ1v) is 9.91. The van der Waals surface area contributed by atoms with E-state index < -0.39 is 5.82 Å². The van der Waals surface area contributed by atoms with Crippen molar-refractivity contribution in [3.63, 3.8) is 0 Å². The van der Waals surface area contributed by atoms with Crippen molar-refractivity contribution < 1.29 is 9.13 Å². The Balaban J connectivity index is 1.78. The van der Waals surface area contributed by atoms with Gasteiger partial charge in [-0.1, -0.05) is 0 Å². The summed E-state index contributed by atoms with van der Waals surface area (Å²) in [4.78, 5) is 11.0. The van der Waals surface area contributed by atoms with E-state index in [-0.39, 0.29) is 11.4 Å². The van der Waals surface area contributed by atoms with E-state index in [1.54, 1.807) is 23.9 Å². The van der Waals surface area contributed by atoms with Gasteiger partial charge < -0.3 is 20.3 Å². The normalized spacial score (nSPS) is 14.2. The average Bonchev–Trinajstić information content (AvgIpc) is 3.00. The first kappa shape index (κ1) is 20.1. The Kier molecular flexibility index (Phi) is 5.54. The van der Waals surface area contributed by atoms with Crippen molar-refractivity contribution in [2.24, 2.45) is 0 Å². The third kappa shape index (κ3) is 3.80. The van der Waals surface area contributed by atoms with E-state index in [4.69, 9.17) is 4.74 Å². The molecule has 0 aliphatic carbocycles. The van der Waals surface area contributed by atoms with Gasteiger partial charge >= 0.3 is 0 Å². The minimum absolute atomic E-state index is 0.258. The van der Waals surface area contributed by atoms with Gasteiger partial charge in [0.1, 0.15) is 17.3 Å². The van der Waals surface area contributed by atoms with Gasteiger partial charge in [0.2, 0.25) is 5.95 Å². The molecule has 3 aromatic rings. The maximum Gasteiger partial charge on any atom is 0.229 e. The maximum absolute atomic E-state index is 15.7. The predicted molar refractivity (Wildman–Crippen MR) is 114 cm³/mol. The molecule has 1 aromatic carbocycles. The topological polar surface area (TPSA) is 80.1 Å². The summed E-state index contributed by atoms with van der Waals surface area (Å²) in [5, 5.41) is 10.5. The molecule has 9 heteroatoms. The lowest BCUT2D eigenvalue weighted by Crippen LogP contribution is -2.16. The molecule has 158 valence electrons. The fraction of sp³-hybridized carbons (Fsp3) is 0.381. The summed E-state index contributed by atoms with van der Waals surface area (Å²) >= 11 is 0. The molecule has 1 aliphatic heterocycles. The highest BCUT2D eigenvalue weighted by Gasteiger charge is 2.23. The fourth-order valence-corrected chi connectivity index (χ4v) is 3.76. The molecule has 0 saturated carbocycles. The Hall–Kier alpha value is -3.20. The monoisotopic (exact) mass is 411 g/mol. The summed E-state index contributed by atoms with van der Waals surface area (Å²) < 4.78 is 22.9. The molecular weight excluding hydrogens is 385 g/mol. The first-order valence-electron chi connectivity index (χ1n) is 9.91.